The third-order valence-electron chi connectivity index (χ3n) is 5.14. The van der Waals surface area contributed by atoms with E-state index in [4.69, 9.17) is 0 Å². The Labute approximate surface area is 198 Å². The summed E-state index contributed by atoms with van der Waals surface area (Å²) in [5.41, 5.74) is 1.44. The van der Waals surface area contributed by atoms with Gasteiger partial charge in [-0.25, -0.2) is 0 Å². The first-order valence-corrected chi connectivity index (χ1v) is 10.2. The molecule has 172 valence electrons. The lowest BCUT2D eigenvalue weighted by Gasteiger charge is -2.19. The van der Waals surface area contributed by atoms with Crippen LogP contribution in [0.3, 0.4) is 0 Å². The number of hydrogen-bond acceptors (Lipinski definition) is 3. The molecule has 1 atom stereocenters. The van der Waals surface area contributed by atoms with Crippen LogP contribution in [0.15, 0.2) is 41.7 Å². The molecule has 2 N–H and O–H groups in total. The molecule has 1 saturated heterocycles. The Bertz CT molecular complexity index is 834. The fourth-order valence-corrected chi connectivity index (χ4v) is 3.58. The van der Waals surface area contributed by atoms with Crippen molar-refractivity contribution < 1.29 is 13.2 Å². The van der Waals surface area contributed by atoms with E-state index in [0.717, 1.165) is 68.2 Å². The van der Waals surface area contributed by atoms with Crippen LogP contribution in [0, 0.1) is 6.92 Å². The van der Waals surface area contributed by atoms with Crippen molar-refractivity contribution in [3.63, 3.8) is 0 Å². The Hall–Kier alpha value is -1.82. The van der Waals surface area contributed by atoms with Crippen molar-refractivity contribution in [1.29, 1.82) is 0 Å². The molecule has 2 heterocycles. The number of hydrogen-bond donors (Lipinski definition) is 2. The minimum atomic E-state index is -4.29. The highest BCUT2D eigenvalue weighted by Gasteiger charge is 2.30. The minimum absolute atomic E-state index is 0. The highest BCUT2D eigenvalue weighted by molar-refractivity contribution is 14.0. The lowest BCUT2D eigenvalue weighted by molar-refractivity contribution is -0.137. The van der Waals surface area contributed by atoms with Gasteiger partial charge in [0.2, 0.25) is 0 Å². The van der Waals surface area contributed by atoms with Gasteiger partial charge in [0.05, 0.1) is 11.8 Å². The van der Waals surface area contributed by atoms with E-state index in [9.17, 15) is 13.2 Å². The third-order valence-corrected chi connectivity index (χ3v) is 5.14. The van der Waals surface area contributed by atoms with Gasteiger partial charge in [0.25, 0.3) is 0 Å². The number of halogens is 4. The highest BCUT2D eigenvalue weighted by Crippen LogP contribution is 2.29. The summed E-state index contributed by atoms with van der Waals surface area (Å²) in [5.74, 6) is 0.771. The molecule has 0 aliphatic carbocycles. The second-order valence-corrected chi connectivity index (χ2v) is 7.69. The number of aryl methyl sites for hydroxylation is 2. The second-order valence-electron chi connectivity index (χ2n) is 7.69. The van der Waals surface area contributed by atoms with Crippen LogP contribution in [0.5, 0.6) is 0 Å². The number of benzene rings is 1. The summed E-state index contributed by atoms with van der Waals surface area (Å²) in [7, 11) is 1.75. The van der Waals surface area contributed by atoms with Crippen molar-refractivity contribution in [2.45, 2.75) is 45.1 Å². The number of likely N-dealkylation sites (tertiary alicyclic amines) is 1. The summed E-state index contributed by atoms with van der Waals surface area (Å²) < 4.78 is 40.0. The first-order valence-electron chi connectivity index (χ1n) is 10.2. The van der Waals surface area contributed by atoms with Crippen LogP contribution in [0.25, 0.3) is 0 Å². The van der Waals surface area contributed by atoms with Crippen molar-refractivity contribution >= 4 is 29.9 Å². The molecule has 1 aliphatic heterocycles. The van der Waals surface area contributed by atoms with Gasteiger partial charge in [-0.1, -0.05) is 12.1 Å². The fraction of sp³-hybridized carbons (Fsp3) is 0.524. The van der Waals surface area contributed by atoms with E-state index in [-0.39, 0.29) is 30.0 Å². The highest BCUT2D eigenvalue weighted by atomic mass is 127. The molecule has 1 aromatic carbocycles. The molecule has 1 fully saturated rings. The van der Waals surface area contributed by atoms with Crippen LogP contribution >= 0.6 is 24.0 Å². The topological polar surface area (TPSA) is 57.5 Å². The van der Waals surface area contributed by atoms with E-state index in [1.54, 1.807) is 19.2 Å². The molecule has 1 aromatic heterocycles. The minimum Gasteiger partial charge on any atom is -0.356 e. The monoisotopic (exact) mass is 550 g/mol. The lowest BCUT2D eigenvalue weighted by Crippen LogP contribution is -2.44. The molecular formula is C21H30F3IN6. The molecule has 1 unspecified atom stereocenters. The Morgan fingerprint density at radius 1 is 1.26 bits per heavy atom. The standard InChI is InChI=1S/C21H29F3N6.HI/c1-16-12-27-30(13-16)10-3-9-26-20(25-2)28-19-8-11-29(15-19)14-17-4-6-18(7-5-17)21(22,23)24;/h4-7,12-13,19H,3,8-11,14-15H2,1-2H3,(H2,25,26,28);1H. The first-order chi connectivity index (χ1) is 14.3. The summed E-state index contributed by atoms with van der Waals surface area (Å²) in [6.07, 6.45) is 1.49. The van der Waals surface area contributed by atoms with Crippen LogP contribution in [0.4, 0.5) is 13.2 Å². The van der Waals surface area contributed by atoms with Crippen molar-refractivity contribution in [1.82, 2.24) is 25.3 Å². The van der Waals surface area contributed by atoms with E-state index in [0.29, 0.717) is 6.54 Å². The summed E-state index contributed by atoms with van der Waals surface area (Å²) >= 11 is 0. The quantitative estimate of drug-likeness (QED) is 0.239. The SMILES string of the molecule is CN=C(NCCCn1cc(C)cn1)NC1CCN(Cc2ccc(C(F)(F)F)cc2)C1.I. The molecule has 31 heavy (non-hydrogen) atoms. The molecule has 2 aromatic rings. The van der Waals surface area contributed by atoms with E-state index >= 15 is 0 Å². The zero-order valence-electron chi connectivity index (χ0n) is 17.8. The average Bonchev–Trinajstić information content (AvgIpc) is 3.32. The second kappa shape index (κ2) is 11.7. The van der Waals surface area contributed by atoms with Crippen LogP contribution < -0.4 is 10.6 Å². The maximum absolute atomic E-state index is 12.7. The predicted molar refractivity (Wildman–Crippen MR) is 127 cm³/mol. The van der Waals surface area contributed by atoms with Crippen LogP contribution in [0.1, 0.15) is 29.5 Å². The number of nitrogens with zero attached hydrogens (tertiary/aromatic N) is 4. The predicted octanol–water partition coefficient (Wildman–Crippen LogP) is 3.66. The Morgan fingerprint density at radius 3 is 2.61 bits per heavy atom. The summed E-state index contributed by atoms with van der Waals surface area (Å²) in [4.78, 5) is 6.53. The van der Waals surface area contributed by atoms with Gasteiger partial charge in [0.1, 0.15) is 0 Å². The summed E-state index contributed by atoms with van der Waals surface area (Å²) in [5, 5.41) is 11.0. The number of aliphatic imine (C=N–C) groups is 1. The van der Waals surface area contributed by atoms with Crippen molar-refractivity contribution in [3.8, 4) is 0 Å². The number of rotatable bonds is 7. The molecular weight excluding hydrogens is 520 g/mol. The van der Waals surface area contributed by atoms with Crippen molar-refractivity contribution in [2.75, 3.05) is 26.7 Å². The van der Waals surface area contributed by atoms with Gasteiger partial charge in [-0.05, 0) is 43.0 Å². The molecule has 6 nitrogen and oxygen atoms in total. The zero-order chi connectivity index (χ0) is 21.6. The van der Waals surface area contributed by atoms with Crippen LogP contribution in [-0.2, 0) is 19.3 Å². The lowest BCUT2D eigenvalue weighted by atomic mass is 10.1. The number of nitrogens with one attached hydrogen (secondary N) is 2. The van der Waals surface area contributed by atoms with Gasteiger partial charge in [-0.15, -0.1) is 24.0 Å². The van der Waals surface area contributed by atoms with Crippen molar-refractivity contribution in [3.05, 3.63) is 53.3 Å². The number of aromatic nitrogens is 2. The van der Waals surface area contributed by atoms with Crippen LogP contribution in [0.2, 0.25) is 0 Å². The molecule has 0 bridgehead atoms. The van der Waals surface area contributed by atoms with Crippen LogP contribution in [-0.4, -0.2) is 53.4 Å². The number of guanidine groups is 1. The van der Waals surface area contributed by atoms with E-state index in [1.165, 1.54) is 0 Å². The Balaban J connectivity index is 0.00000341. The maximum atomic E-state index is 12.7. The third kappa shape index (κ3) is 7.99. The van der Waals surface area contributed by atoms with Gasteiger partial charge in [0.15, 0.2) is 5.96 Å². The molecule has 3 rings (SSSR count). The molecule has 0 amide bonds. The van der Waals surface area contributed by atoms with Gasteiger partial charge in [0, 0.05) is 52.0 Å². The Morgan fingerprint density at radius 2 is 2.00 bits per heavy atom. The summed E-state index contributed by atoms with van der Waals surface area (Å²) in [6, 6.07) is 5.69. The first kappa shape index (κ1) is 25.4. The van der Waals surface area contributed by atoms with E-state index in [2.05, 4.69) is 25.6 Å². The Kier molecular flexibility index (Phi) is 9.60. The van der Waals surface area contributed by atoms with Gasteiger partial charge >= 0.3 is 6.18 Å². The molecule has 1 aliphatic rings. The molecule has 0 radical (unpaired) electrons. The maximum Gasteiger partial charge on any atom is 0.416 e. The zero-order valence-corrected chi connectivity index (χ0v) is 20.2. The molecule has 10 heteroatoms. The van der Waals surface area contributed by atoms with Crippen molar-refractivity contribution in [2.24, 2.45) is 4.99 Å². The van der Waals surface area contributed by atoms with E-state index in [1.807, 2.05) is 24.0 Å². The smallest absolute Gasteiger partial charge is 0.356 e. The summed E-state index contributed by atoms with van der Waals surface area (Å²) in [6.45, 7) is 6.03. The van der Waals surface area contributed by atoms with Gasteiger partial charge < -0.3 is 10.6 Å². The van der Waals surface area contributed by atoms with Gasteiger partial charge in [-0.3, -0.25) is 14.6 Å². The average molecular weight is 550 g/mol. The fourth-order valence-electron chi connectivity index (χ4n) is 3.58. The van der Waals surface area contributed by atoms with Gasteiger partial charge in [-0.2, -0.15) is 18.3 Å². The molecule has 0 saturated carbocycles. The largest absolute Gasteiger partial charge is 0.416 e. The number of alkyl halides is 3. The normalized spacial score (nSPS) is 17.5. The van der Waals surface area contributed by atoms with E-state index < -0.39 is 11.7 Å². The molecule has 0 spiro atoms.